The van der Waals surface area contributed by atoms with Crippen LogP contribution in [0.25, 0.3) is 0 Å². The van der Waals surface area contributed by atoms with E-state index in [-0.39, 0.29) is 12.1 Å². The van der Waals surface area contributed by atoms with E-state index in [1.807, 2.05) is 10.9 Å². The van der Waals surface area contributed by atoms with Crippen molar-refractivity contribution in [2.45, 2.75) is 31.8 Å². The number of hydrogen-bond acceptors (Lipinski definition) is 5. The minimum Gasteiger partial charge on any atom is -0.377 e. The van der Waals surface area contributed by atoms with Gasteiger partial charge < -0.3 is 15.0 Å². The third kappa shape index (κ3) is 2.99. The summed E-state index contributed by atoms with van der Waals surface area (Å²) in [6.07, 6.45) is 7.54. The molecular weight excluding hydrogens is 310 g/mol. The zero-order valence-corrected chi connectivity index (χ0v) is 13.6. The molecule has 2 aromatic heterocycles. The standard InChI is InChI=1S/C15H21N7O2/c1-10(11-2-3-11)22-7-12(6-18-22)19-15(23)21-4-5-24-8-13(21)14-16-9-17-20-14/h6-7,9-11,13H,2-5,8H2,1H3,(H,19,23)(H,16,17,20). The van der Waals surface area contributed by atoms with Crippen LogP contribution in [0.15, 0.2) is 18.7 Å². The normalized spacial score (nSPS) is 22.4. The number of carbonyl (C=O) groups excluding carboxylic acids is 1. The smallest absolute Gasteiger partial charge is 0.322 e. The van der Waals surface area contributed by atoms with Gasteiger partial charge in [-0.15, -0.1) is 0 Å². The summed E-state index contributed by atoms with van der Waals surface area (Å²) in [6.45, 7) is 3.58. The number of nitrogens with one attached hydrogen (secondary N) is 2. The molecule has 1 saturated heterocycles. The molecular formula is C15H21N7O2. The van der Waals surface area contributed by atoms with Crippen LogP contribution in [0.5, 0.6) is 0 Å². The molecule has 2 aromatic rings. The van der Waals surface area contributed by atoms with E-state index < -0.39 is 0 Å². The molecule has 0 aromatic carbocycles. The van der Waals surface area contributed by atoms with E-state index in [1.54, 1.807) is 11.1 Å². The molecule has 1 saturated carbocycles. The second-order valence-corrected chi connectivity index (χ2v) is 6.37. The van der Waals surface area contributed by atoms with Crippen molar-refractivity contribution in [3.05, 3.63) is 24.5 Å². The Balaban J connectivity index is 1.44. The van der Waals surface area contributed by atoms with E-state index in [0.29, 0.717) is 43.2 Å². The third-order valence-electron chi connectivity index (χ3n) is 4.71. The number of urea groups is 1. The number of nitrogens with zero attached hydrogens (tertiary/aromatic N) is 5. The first-order valence-electron chi connectivity index (χ1n) is 8.27. The summed E-state index contributed by atoms with van der Waals surface area (Å²) in [5.74, 6) is 1.34. The van der Waals surface area contributed by atoms with Gasteiger partial charge in [0.25, 0.3) is 0 Å². The van der Waals surface area contributed by atoms with Crippen molar-refractivity contribution in [1.29, 1.82) is 0 Å². The molecule has 0 bridgehead atoms. The molecule has 2 atom stereocenters. The number of morpholine rings is 1. The molecule has 0 spiro atoms. The number of carbonyl (C=O) groups is 1. The third-order valence-corrected chi connectivity index (χ3v) is 4.71. The van der Waals surface area contributed by atoms with Gasteiger partial charge in [0.2, 0.25) is 0 Å². The number of aromatic nitrogens is 5. The number of H-pyrrole nitrogens is 1. The molecule has 2 aliphatic rings. The molecule has 2 fully saturated rings. The monoisotopic (exact) mass is 331 g/mol. The van der Waals surface area contributed by atoms with Crippen molar-refractivity contribution in [3.63, 3.8) is 0 Å². The number of rotatable bonds is 4. The fourth-order valence-electron chi connectivity index (χ4n) is 3.06. The average Bonchev–Trinajstić information content (AvgIpc) is 3.10. The Bertz CT molecular complexity index is 695. The lowest BCUT2D eigenvalue weighted by molar-refractivity contribution is 0.0118. The van der Waals surface area contributed by atoms with Gasteiger partial charge in [-0.25, -0.2) is 9.78 Å². The Labute approximate surface area is 139 Å². The van der Waals surface area contributed by atoms with E-state index >= 15 is 0 Å². The first-order valence-corrected chi connectivity index (χ1v) is 8.27. The lowest BCUT2D eigenvalue weighted by atomic mass is 10.2. The topological polar surface area (TPSA) is 101 Å². The number of anilines is 1. The molecule has 24 heavy (non-hydrogen) atoms. The maximum Gasteiger partial charge on any atom is 0.322 e. The van der Waals surface area contributed by atoms with Crippen LogP contribution in [0.2, 0.25) is 0 Å². The Morgan fingerprint density at radius 1 is 1.50 bits per heavy atom. The maximum atomic E-state index is 12.7. The van der Waals surface area contributed by atoms with Crippen molar-refractivity contribution in [2.24, 2.45) is 5.92 Å². The molecule has 2 amide bonds. The number of aromatic amines is 1. The van der Waals surface area contributed by atoms with Gasteiger partial charge >= 0.3 is 6.03 Å². The van der Waals surface area contributed by atoms with Gasteiger partial charge in [0.15, 0.2) is 0 Å². The first-order chi connectivity index (χ1) is 11.7. The predicted molar refractivity (Wildman–Crippen MR) is 85.3 cm³/mol. The van der Waals surface area contributed by atoms with Gasteiger partial charge in [-0.1, -0.05) is 0 Å². The van der Waals surface area contributed by atoms with Crippen molar-refractivity contribution in [3.8, 4) is 0 Å². The lowest BCUT2D eigenvalue weighted by Gasteiger charge is -2.33. The molecule has 1 aliphatic carbocycles. The van der Waals surface area contributed by atoms with Gasteiger partial charge in [-0.2, -0.15) is 10.2 Å². The number of hydrogen-bond donors (Lipinski definition) is 2. The van der Waals surface area contributed by atoms with Crippen LogP contribution in [0.3, 0.4) is 0 Å². The maximum absolute atomic E-state index is 12.7. The SMILES string of the molecule is CC(C1CC1)n1cc(NC(=O)N2CCOCC2c2ncn[nH]2)cn1. The van der Waals surface area contributed by atoms with Crippen LogP contribution >= 0.6 is 0 Å². The fourth-order valence-corrected chi connectivity index (χ4v) is 3.06. The van der Waals surface area contributed by atoms with Crippen molar-refractivity contribution >= 4 is 11.7 Å². The summed E-state index contributed by atoms with van der Waals surface area (Å²) in [5, 5.41) is 14.0. The number of ether oxygens (including phenoxy) is 1. The molecule has 9 heteroatoms. The van der Waals surface area contributed by atoms with Gasteiger partial charge in [0, 0.05) is 12.7 Å². The van der Waals surface area contributed by atoms with Gasteiger partial charge in [0.1, 0.15) is 18.2 Å². The van der Waals surface area contributed by atoms with Gasteiger partial charge in [-0.3, -0.25) is 9.78 Å². The highest BCUT2D eigenvalue weighted by Crippen LogP contribution is 2.39. The Morgan fingerprint density at radius 3 is 3.12 bits per heavy atom. The van der Waals surface area contributed by atoms with Crippen LogP contribution in [0.4, 0.5) is 10.5 Å². The predicted octanol–water partition coefficient (Wildman–Crippen LogP) is 1.58. The average molecular weight is 331 g/mol. The lowest BCUT2D eigenvalue weighted by Crippen LogP contribution is -2.45. The van der Waals surface area contributed by atoms with E-state index in [0.717, 1.165) is 0 Å². The Morgan fingerprint density at radius 2 is 2.38 bits per heavy atom. The second kappa shape index (κ2) is 6.23. The summed E-state index contributed by atoms with van der Waals surface area (Å²) < 4.78 is 7.41. The zero-order chi connectivity index (χ0) is 16.5. The van der Waals surface area contributed by atoms with Crippen LogP contribution in [0, 0.1) is 5.92 Å². The Hall–Kier alpha value is -2.42. The molecule has 128 valence electrons. The molecule has 1 aliphatic heterocycles. The summed E-state index contributed by atoms with van der Waals surface area (Å²) >= 11 is 0. The summed E-state index contributed by atoms with van der Waals surface area (Å²) in [5.41, 5.74) is 0.704. The van der Waals surface area contributed by atoms with Crippen LogP contribution < -0.4 is 5.32 Å². The molecule has 3 heterocycles. The fraction of sp³-hybridized carbons (Fsp3) is 0.600. The highest BCUT2D eigenvalue weighted by molar-refractivity contribution is 5.89. The van der Waals surface area contributed by atoms with Crippen LogP contribution in [-0.4, -0.2) is 55.7 Å². The van der Waals surface area contributed by atoms with Crippen molar-refractivity contribution in [1.82, 2.24) is 29.9 Å². The highest BCUT2D eigenvalue weighted by Gasteiger charge is 2.32. The summed E-state index contributed by atoms with van der Waals surface area (Å²) in [6, 6.07) is -0.0685. The van der Waals surface area contributed by atoms with E-state index in [1.165, 1.54) is 19.2 Å². The molecule has 4 rings (SSSR count). The highest BCUT2D eigenvalue weighted by atomic mass is 16.5. The molecule has 2 unspecified atom stereocenters. The van der Waals surface area contributed by atoms with Gasteiger partial charge in [0.05, 0.1) is 31.1 Å². The largest absolute Gasteiger partial charge is 0.377 e. The van der Waals surface area contributed by atoms with Gasteiger partial charge in [-0.05, 0) is 25.7 Å². The summed E-state index contributed by atoms with van der Waals surface area (Å²) in [7, 11) is 0. The molecule has 9 nitrogen and oxygen atoms in total. The summed E-state index contributed by atoms with van der Waals surface area (Å²) in [4.78, 5) is 18.5. The quantitative estimate of drug-likeness (QED) is 0.886. The van der Waals surface area contributed by atoms with Crippen molar-refractivity contribution in [2.75, 3.05) is 25.1 Å². The minimum atomic E-state index is -0.262. The van der Waals surface area contributed by atoms with Crippen molar-refractivity contribution < 1.29 is 9.53 Å². The van der Waals surface area contributed by atoms with E-state index in [2.05, 4.69) is 32.5 Å². The Kier molecular flexibility index (Phi) is 3.93. The van der Waals surface area contributed by atoms with Crippen LogP contribution in [-0.2, 0) is 4.74 Å². The molecule has 2 N–H and O–H groups in total. The van der Waals surface area contributed by atoms with E-state index in [4.69, 9.17) is 4.74 Å². The minimum absolute atomic E-state index is 0.182. The zero-order valence-electron chi connectivity index (χ0n) is 13.6. The first kappa shape index (κ1) is 15.1. The second-order valence-electron chi connectivity index (χ2n) is 6.37. The van der Waals surface area contributed by atoms with E-state index in [9.17, 15) is 4.79 Å². The molecule has 0 radical (unpaired) electrons. The number of amides is 2. The van der Waals surface area contributed by atoms with Crippen LogP contribution in [0.1, 0.15) is 37.7 Å².